The van der Waals surface area contributed by atoms with Crippen LogP contribution in [0.4, 0.5) is 5.69 Å². The van der Waals surface area contributed by atoms with Gasteiger partial charge in [0.15, 0.2) is 0 Å². The van der Waals surface area contributed by atoms with Crippen LogP contribution in [0.5, 0.6) is 0 Å². The van der Waals surface area contributed by atoms with E-state index in [1.807, 2.05) is 50.2 Å². The Labute approximate surface area is 138 Å². The Balaban J connectivity index is 2.05. The van der Waals surface area contributed by atoms with Gasteiger partial charge in [0, 0.05) is 23.8 Å². The molecule has 0 aliphatic carbocycles. The smallest absolute Gasteiger partial charge is 0.251 e. The van der Waals surface area contributed by atoms with E-state index in [0.717, 1.165) is 23.8 Å². The monoisotopic (exact) mass is 314 g/mol. The Morgan fingerprint density at radius 3 is 2.26 bits per heavy atom. The molecule has 4 nitrogen and oxygen atoms in total. The summed E-state index contributed by atoms with van der Waals surface area (Å²) < 4.78 is 5.55. The summed E-state index contributed by atoms with van der Waals surface area (Å²) in [5.74, 6) is 1.52. The minimum atomic E-state index is -0.154. The molecule has 0 spiro atoms. The molecule has 1 aromatic carbocycles. The van der Waals surface area contributed by atoms with Gasteiger partial charge in [0.1, 0.15) is 11.5 Å². The number of nitrogens with zero attached hydrogens (tertiary/aromatic N) is 1. The average molecular weight is 314 g/mol. The maximum Gasteiger partial charge on any atom is 0.251 e. The fourth-order valence-corrected chi connectivity index (χ4v) is 2.69. The fraction of sp³-hybridized carbons (Fsp3) is 0.421. The number of aryl methyl sites for hydroxylation is 1. The Morgan fingerprint density at radius 2 is 1.78 bits per heavy atom. The van der Waals surface area contributed by atoms with Crippen molar-refractivity contribution in [3.63, 3.8) is 0 Å². The van der Waals surface area contributed by atoms with E-state index in [0.29, 0.717) is 11.6 Å². The highest BCUT2D eigenvalue weighted by Gasteiger charge is 2.15. The van der Waals surface area contributed by atoms with Gasteiger partial charge in [-0.3, -0.25) is 4.79 Å². The van der Waals surface area contributed by atoms with E-state index < -0.39 is 0 Å². The van der Waals surface area contributed by atoms with Gasteiger partial charge in [0.05, 0.1) is 6.04 Å². The predicted octanol–water partition coefficient (Wildman–Crippen LogP) is 4.31. The van der Waals surface area contributed by atoms with Crippen molar-refractivity contribution >= 4 is 11.6 Å². The number of furan rings is 1. The van der Waals surface area contributed by atoms with Gasteiger partial charge in [0.25, 0.3) is 5.91 Å². The van der Waals surface area contributed by atoms with Gasteiger partial charge in [-0.25, -0.2) is 0 Å². The molecule has 0 bridgehead atoms. The largest absolute Gasteiger partial charge is 0.464 e. The molecule has 1 aromatic heterocycles. The molecule has 0 radical (unpaired) electrons. The van der Waals surface area contributed by atoms with E-state index in [1.54, 1.807) is 0 Å². The molecule has 2 aromatic rings. The summed E-state index contributed by atoms with van der Waals surface area (Å²) in [7, 11) is 0. The standard InChI is InChI=1S/C19H26N2O2/c1-6-21(13(2)3)17-10-8-16(9-11-17)19(22)20-15(5)18-12-7-14(4)23-18/h7-13,15H,6H2,1-5H3,(H,20,22). The second-order valence-corrected chi connectivity index (χ2v) is 6.07. The SMILES string of the molecule is CCN(c1ccc(C(=O)NC(C)c2ccc(C)o2)cc1)C(C)C. The summed E-state index contributed by atoms with van der Waals surface area (Å²) in [6, 6.07) is 11.8. The lowest BCUT2D eigenvalue weighted by Crippen LogP contribution is -2.30. The van der Waals surface area contributed by atoms with Crippen LogP contribution in [0.1, 0.15) is 55.6 Å². The van der Waals surface area contributed by atoms with Crippen LogP contribution >= 0.6 is 0 Å². The third-order valence-electron chi connectivity index (χ3n) is 3.96. The van der Waals surface area contributed by atoms with Gasteiger partial charge >= 0.3 is 0 Å². The molecule has 4 heteroatoms. The predicted molar refractivity (Wildman–Crippen MR) is 93.9 cm³/mol. The highest BCUT2D eigenvalue weighted by molar-refractivity contribution is 5.94. The summed E-state index contributed by atoms with van der Waals surface area (Å²) in [6.07, 6.45) is 0. The Hall–Kier alpha value is -2.23. The number of carbonyl (C=O) groups excluding carboxylic acids is 1. The maximum atomic E-state index is 12.4. The third-order valence-corrected chi connectivity index (χ3v) is 3.96. The van der Waals surface area contributed by atoms with E-state index in [-0.39, 0.29) is 11.9 Å². The van der Waals surface area contributed by atoms with Crippen LogP contribution in [-0.2, 0) is 0 Å². The zero-order valence-electron chi connectivity index (χ0n) is 14.6. The van der Waals surface area contributed by atoms with Crippen LogP contribution in [0, 0.1) is 6.92 Å². The van der Waals surface area contributed by atoms with E-state index in [1.165, 1.54) is 0 Å². The summed E-state index contributed by atoms with van der Waals surface area (Å²) in [5.41, 5.74) is 1.79. The van der Waals surface area contributed by atoms with Gasteiger partial charge in [-0.1, -0.05) is 0 Å². The molecule has 1 amide bonds. The van der Waals surface area contributed by atoms with Crippen molar-refractivity contribution in [2.24, 2.45) is 0 Å². The number of benzene rings is 1. The lowest BCUT2D eigenvalue weighted by molar-refractivity contribution is 0.0935. The minimum absolute atomic E-state index is 0.0919. The first-order valence-corrected chi connectivity index (χ1v) is 8.16. The molecule has 0 aliphatic heterocycles. The number of anilines is 1. The van der Waals surface area contributed by atoms with Crippen molar-refractivity contribution in [3.05, 3.63) is 53.5 Å². The van der Waals surface area contributed by atoms with Crippen molar-refractivity contribution in [2.75, 3.05) is 11.4 Å². The molecule has 1 heterocycles. The molecule has 2 rings (SSSR count). The Morgan fingerprint density at radius 1 is 1.13 bits per heavy atom. The molecule has 124 valence electrons. The highest BCUT2D eigenvalue weighted by Crippen LogP contribution is 2.19. The number of rotatable bonds is 6. The Kier molecular flexibility index (Phi) is 5.48. The highest BCUT2D eigenvalue weighted by atomic mass is 16.3. The van der Waals surface area contributed by atoms with Gasteiger partial charge in [-0.05, 0) is 71.0 Å². The summed E-state index contributed by atoms with van der Waals surface area (Å²) >= 11 is 0. The molecule has 23 heavy (non-hydrogen) atoms. The second kappa shape index (κ2) is 7.36. The zero-order valence-corrected chi connectivity index (χ0v) is 14.6. The lowest BCUT2D eigenvalue weighted by atomic mass is 10.1. The van der Waals surface area contributed by atoms with Crippen LogP contribution < -0.4 is 10.2 Å². The van der Waals surface area contributed by atoms with Crippen molar-refractivity contribution in [1.29, 1.82) is 0 Å². The van der Waals surface area contributed by atoms with Crippen molar-refractivity contribution < 1.29 is 9.21 Å². The van der Waals surface area contributed by atoms with Gasteiger partial charge in [-0.15, -0.1) is 0 Å². The van der Waals surface area contributed by atoms with Crippen molar-refractivity contribution in [1.82, 2.24) is 5.32 Å². The number of amides is 1. The number of hydrogen-bond acceptors (Lipinski definition) is 3. The molecule has 0 saturated heterocycles. The molecule has 1 N–H and O–H groups in total. The first-order chi connectivity index (χ1) is 10.9. The summed E-state index contributed by atoms with van der Waals surface area (Å²) in [4.78, 5) is 14.6. The van der Waals surface area contributed by atoms with E-state index in [2.05, 4.69) is 31.0 Å². The van der Waals surface area contributed by atoms with Gasteiger partial charge in [-0.2, -0.15) is 0 Å². The normalized spacial score (nSPS) is 12.3. The maximum absolute atomic E-state index is 12.4. The molecule has 0 saturated carbocycles. The second-order valence-electron chi connectivity index (χ2n) is 6.07. The minimum Gasteiger partial charge on any atom is -0.464 e. The first-order valence-electron chi connectivity index (χ1n) is 8.16. The van der Waals surface area contributed by atoms with Crippen molar-refractivity contribution in [2.45, 2.75) is 46.7 Å². The van der Waals surface area contributed by atoms with Crippen molar-refractivity contribution in [3.8, 4) is 0 Å². The van der Waals surface area contributed by atoms with Crippen LogP contribution in [-0.4, -0.2) is 18.5 Å². The number of nitrogens with one attached hydrogen (secondary N) is 1. The van der Waals surface area contributed by atoms with Gasteiger partial charge in [0.2, 0.25) is 0 Å². The fourth-order valence-electron chi connectivity index (χ4n) is 2.69. The zero-order chi connectivity index (χ0) is 17.0. The Bertz CT molecular complexity index is 644. The molecule has 0 aliphatic rings. The summed E-state index contributed by atoms with van der Waals surface area (Å²) in [5, 5.41) is 2.96. The lowest BCUT2D eigenvalue weighted by Gasteiger charge is -2.27. The quantitative estimate of drug-likeness (QED) is 0.864. The molecular weight excluding hydrogens is 288 g/mol. The van der Waals surface area contributed by atoms with E-state index in [9.17, 15) is 4.79 Å². The number of carbonyl (C=O) groups is 1. The summed E-state index contributed by atoms with van der Waals surface area (Å²) in [6.45, 7) is 11.2. The molecular formula is C19H26N2O2. The van der Waals surface area contributed by atoms with E-state index in [4.69, 9.17) is 4.42 Å². The van der Waals surface area contributed by atoms with Crippen LogP contribution in [0.25, 0.3) is 0 Å². The van der Waals surface area contributed by atoms with E-state index >= 15 is 0 Å². The molecule has 1 unspecified atom stereocenters. The van der Waals surface area contributed by atoms with Crippen LogP contribution in [0.3, 0.4) is 0 Å². The third kappa shape index (κ3) is 4.15. The molecule has 0 fully saturated rings. The van der Waals surface area contributed by atoms with Gasteiger partial charge < -0.3 is 14.6 Å². The molecule has 1 atom stereocenters. The first kappa shape index (κ1) is 17.1. The number of hydrogen-bond donors (Lipinski definition) is 1. The topological polar surface area (TPSA) is 45.5 Å². The average Bonchev–Trinajstić information content (AvgIpc) is 2.95. The van der Waals surface area contributed by atoms with Crippen LogP contribution in [0.2, 0.25) is 0 Å². The van der Waals surface area contributed by atoms with Crippen LogP contribution in [0.15, 0.2) is 40.8 Å².